The van der Waals surface area contributed by atoms with E-state index in [0.717, 1.165) is 77.0 Å². The Kier molecular flexibility index (Phi) is 58.8. The minimum Gasteiger partial charge on any atom is -0.462 e. The van der Waals surface area contributed by atoms with Crippen molar-refractivity contribution in [1.82, 2.24) is 0 Å². The summed E-state index contributed by atoms with van der Waals surface area (Å²) in [5, 5.41) is 0. The van der Waals surface area contributed by atoms with Crippen LogP contribution in [0.3, 0.4) is 0 Å². The van der Waals surface area contributed by atoms with Crippen molar-refractivity contribution in [1.29, 1.82) is 0 Å². The number of carbonyl (C=O) groups excluding carboxylic acids is 2. The van der Waals surface area contributed by atoms with Crippen molar-refractivity contribution in [2.24, 2.45) is 0 Å². The summed E-state index contributed by atoms with van der Waals surface area (Å²) >= 11 is 0. The van der Waals surface area contributed by atoms with Crippen LogP contribution in [0.4, 0.5) is 0 Å². The summed E-state index contributed by atoms with van der Waals surface area (Å²) in [7, 11) is 0. The predicted molar refractivity (Wildman–Crippen MR) is 307 cm³/mol. The number of hydrogen-bond acceptors (Lipinski definition) is 5. The summed E-state index contributed by atoms with van der Waals surface area (Å²) in [5.41, 5.74) is 0. The molecule has 0 aliphatic carbocycles. The molecule has 0 heterocycles. The Bertz CT molecular complexity index is 1200. The summed E-state index contributed by atoms with van der Waals surface area (Å²) < 4.78 is 17.5. The second-order valence-corrected chi connectivity index (χ2v) is 20.6. The highest BCUT2D eigenvalue weighted by Gasteiger charge is 2.17. The first kappa shape index (κ1) is 67.6. The monoisotopic (exact) mass is 979 g/mol. The topological polar surface area (TPSA) is 61.8 Å². The third-order valence-electron chi connectivity index (χ3n) is 13.6. The van der Waals surface area contributed by atoms with Crippen molar-refractivity contribution in [2.45, 2.75) is 322 Å². The molecule has 5 nitrogen and oxygen atoms in total. The van der Waals surface area contributed by atoms with Gasteiger partial charge in [-0.1, -0.05) is 300 Å². The van der Waals surface area contributed by atoms with E-state index in [0.29, 0.717) is 19.4 Å². The second kappa shape index (κ2) is 60.9. The van der Waals surface area contributed by atoms with Gasteiger partial charge in [-0.15, -0.1) is 0 Å². The van der Waals surface area contributed by atoms with Gasteiger partial charge in [0.2, 0.25) is 0 Å². The van der Waals surface area contributed by atoms with Crippen molar-refractivity contribution in [3.05, 3.63) is 60.8 Å². The van der Waals surface area contributed by atoms with E-state index in [1.807, 2.05) is 0 Å². The molecule has 0 rings (SSSR count). The number of hydrogen-bond donors (Lipinski definition) is 0. The molecule has 0 aliphatic rings. The zero-order valence-electron chi connectivity index (χ0n) is 47.0. The normalized spacial score (nSPS) is 12.6. The van der Waals surface area contributed by atoms with Crippen LogP contribution >= 0.6 is 0 Å². The van der Waals surface area contributed by atoms with Crippen LogP contribution in [0.5, 0.6) is 0 Å². The van der Waals surface area contributed by atoms with Gasteiger partial charge >= 0.3 is 11.9 Å². The van der Waals surface area contributed by atoms with E-state index < -0.39 is 6.10 Å². The van der Waals surface area contributed by atoms with Gasteiger partial charge in [0.15, 0.2) is 6.10 Å². The maximum absolute atomic E-state index is 12.9. The molecule has 408 valence electrons. The Morgan fingerprint density at radius 3 is 1.03 bits per heavy atom. The molecule has 0 aromatic rings. The fourth-order valence-electron chi connectivity index (χ4n) is 9.01. The number of allylic oxidation sites excluding steroid dienone is 10. The first-order chi connectivity index (χ1) is 34.6. The first-order valence-corrected chi connectivity index (χ1v) is 30.8. The standard InChI is InChI=1S/C65H118O5/c1-4-7-10-13-16-19-22-25-28-31-32-33-36-39-42-45-48-51-54-57-60-68-61-63(70-65(67)59-56-53-50-47-44-41-38-35-30-27-24-21-18-15-12-9-6-3)62-69-64(66)58-55-52-49-46-43-40-37-34-29-26-23-20-17-14-11-8-5-2/h7,10,16,19,25,28,32-33,39,42,63H,4-6,8-9,11-15,17-18,20-24,26-27,29-31,34-38,40-41,43-62H2,1-3H3/b10-7-,19-16-,28-25-,33-32-,42-39-. The van der Waals surface area contributed by atoms with Crippen LogP contribution in [-0.4, -0.2) is 37.9 Å². The van der Waals surface area contributed by atoms with Crippen LogP contribution in [0.2, 0.25) is 0 Å². The van der Waals surface area contributed by atoms with Gasteiger partial charge in [-0.2, -0.15) is 0 Å². The third-order valence-corrected chi connectivity index (χ3v) is 13.6. The average molecular weight is 980 g/mol. The van der Waals surface area contributed by atoms with Gasteiger partial charge in [-0.3, -0.25) is 9.59 Å². The Labute approximate surface area is 436 Å². The molecule has 0 saturated carbocycles. The summed E-state index contributed by atoms with van der Waals surface area (Å²) in [5.74, 6) is -0.392. The smallest absolute Gasteiger partial charge is 0.306 e. The van der Waals surface area contributed by atoms with Crippen LogP contribution in [0.1, 0.15) is 316 Å². The summed E-state index contributed by atoms with van der Waals surface area (Å²) in [6.45, 7) is 7.72. The fourth-order valence-corrected chi connectivity index (χ4v) is 9.01. The molecule has 0 radical (unpaired) electrons. The molecule has 0 aromatic carbocycles. The second-order valence-electron chi connectivity index (χ2n) is 20.6. The highest BCUT2D eigenvalue weighted by molar-refractivity contribution is 5.70. The van der Waals surface area contributed by atoms with Gasteiger partial charge in [0.1, 0.15) is 6.61 Å². The van der Waals surface area contributed by atoms with Crippen LogP contribution < -0.4 is 0 Å². The molecule has 5 heteroatoms. The number of rotatable bonds is 57. The van der Waals surface area contributed by atoms with Gasteiger partial charge in [0.05, 0.1) is 6.61 Å². The number of ether oxygens (including phenoxy) is 3. The van der Waals surface area contributed by atoms with Gasteiger partial charge in [0.25, 0.3) is 0 Å². The largest absolute Gasteiger partial charge is 0.462 e. The van der Waals surface area contributed by atoms with E-state index in [9.17, 15) is 9.59 Å². The average Bonchev–Trinajstić information content (AvgIpc) is 3.36. The van der Waals surface area contributed by atoms with Crippen LogP contribution in [0.15, 0.2) is 60.8 Å². The number of unbranched alkanes of at least 4 members (excludes halogenated alkanes) is 36. The fraction of sp³-hybridized carbons (Fsp3) is 0.815. The SMILES string of the molecule is CC/C=C\C/C=C\C/C=C\C/C=C\C/C=C\CCCCCCOCC(COC(=O)CCCCCCCCCCCCCCCCCCC)OC(=O)CCCCCCCCCCCCCCCCCCC. The van der Waals surface area contributed by atoms with E-state index in [1.54, 1.807) is 0 Å². The lowest BCUT2D eigenvalue weighted by molar-refractivity contribution is -0.163. The van der Waals surface area contributed by atoms with E-state index in [4.69, 9.17) is 14.2 Å². The highest BCUT2D eigenvalue weighted by atomic mass is 16.6. The van der Waals surface area contributed by atoms with Gasteiger partial charge in [-0.25, -0.2) is 0 Å². The van der Waals surface area contributed by atoms with Gasteiger partial charge in [0, 0.05) is 19.4 Å². The third kappa shape index (κ3) is 58.2. The number of carbonyl (C=O) groups is 2. The lowest BCUT2D eigenvalue weighted by Gasteiger charge is -2.18. The molecular formula is C65H118O5. The molecule has 0 fully saturated rings. The minimum atomic E-state index is -0.548. The van der Waals surface area contributed by atoms with Crippen molar-refractivity contribution < 1.29 is 23.8 Å². The molecule has 0 saturated heterocycles. The first-order valence-electron chi connectivity index (χ1n) is 30.8. The molecule has 0 aromatic heterocycles. The molecule has 1 unspecified atom stereocenters. The van der Waals surface area contributed by atoms with Crippen LogP contribution in [0.25, 0.3) is 0 Å². The van der Waals surface area contributed by atoms with Crippen molar-refractivity contribution in [3.8, 4) is 0 Å². The Morgan fingerprint density at radius 2 is 0.643 bits per heavy atom. The lowest BCUT2D eigenvalue weighted by Crippen LogP contribution is -2.30. The van der Waals surface area contributed by atoms with Crippen LogP contribution in [0, 0.1) is 0 Å². The molecule has 0 N–H and O–H groups in total. The predicted octanol–water partition coefficient (Wildman–Crippen LogP) is 21.2. The Hall–Kier alpha value is -2.40. The summed E-state index contributed by atoms with van der Waals surface area (Å²) in [6.07, 6.45) is 78.2. The minimum absolute atomic E-state index is 0.0792. The van der Waals surface area contributed by atoms with Gasteiger partial charge in [-0.05, 0) is 64.2 Å². The molecule has 1 atom stereocenters. The maximum atomic E-state index is 12.9. The summed E-state index contributed by atoms with van der Waals surface area (Å²) in [4.78, 5) is 25.6. The zero-order chi connectivity index (χ0) is 50.6. The molecule has 0 amide bonds. The Morgan fingerprint density at radius 1 is 0.329 bits per heavy atom. The van der Waals surface area contributed by atoms with Crippen molar-refractivity contribution >= 4 is 11.9 Å². The highest BCUT2D eigenvalue weighted by Crippen LogP contribution is 2.17. The van der Waals surface area contributed by atoms with Crippen molar-refractivity contribution in [2.75, 3.05) is 19.8 Å². The van der Waals surface area contributed by atoms with E-state index >= 15 is 0 Å². The molecule has 0 spiro atoms. The van der Waals surface area contributed by atoms with Crippen molar-refractivity contribution in [3.63, 3.8) is 0 Å². The zero-order valence-corrected chi connectivity index (χ0v) is 47.0. The van der Waals surface area contributed by atoms with Crippen LogP contribution in [-0.2, 0) is 23.8 Å². The molecule has 0 bridgehead atoms. The maximum Gasteiger partial charge on any atom is 0.306 e. The quantitative estimate of drug-likeness (QED) is 0.0345. The molecular weight excluding hydrogens is 861 g/mol. The van der Waals surface area contributed by atoms with Gasteiger partial charge < -0.3 is 14.2 Å². The van der Waals surface area contributed by atoms with E-state index in [1.165, 1.54) is 205 Å². The molecule has 70 heavy (non-hydrogen) atoms. The number of esters is 2. The summed E-state index contributed by atoms with van der Waals surface area (Å²) in [6, 6.07) is 0. The molecule has 0 aliphatic heterocycles. The Balaban J connectivity index is 4.29. The van der Waals surface area contributed by atoms with E-state index in [-0.39, 0.29) is 25.2 Å². The van der Waals surface area contributed by atoms with E-state index in [2.05, 4.69) is 81.5 Å². The lowest BCUT2D eigenvalue weighted by atomic mass is 10.0.